The van der Waals surface area contributed by atoms with E-state index in [0.717, 1.165) is 19.4 Å². The van der Waals surface area contributed by atoms with E-state index < -0.39 is 19.3 Å². The Kier molecular flexibility index (Phi) is 10.7. The number of fused-ring (bicyclic) bond motifs is 7. The van der Waals surface area contributed by atoms with Gasteiger partial charge in [-0.15, -0.1) is 0 Å². The summed E-state index contributed by atoms with van der Waals surface area (Å²) in [7, 11) is -2.16. The van der Waals surface area contributed by atoms with Crippen LogP contribution in [0.4, 0.5) is 0 Å². The Labute approximate surface area is 359 Å². The SMILES string of the molecule is C=C(C)[C@@H]1CC[C@]2(COC(c3ccccc3)(c3ccccc3)c3ccccc3)CC[C@]3(C)[C@H](CC[C@@H]4[C@@]5(C)C[C@@H](O[Si](C)(C)C(C)(C)C)C(=O)C(C)(C)[C@@H]5CC[C@]43C)[C@@H]12. The molecule has 3 aromatic rings. The quantitative estimate of drug-likeness (QED) is 0.123. The summed E-state index contributed by atoms with van der Waals surface area (Å²) in [6, 6.07) is 32.9. The van der Waals surface area contributed by atoms with E-state index in [9.17, 15) is 4.79 Å². The number of benzene rings is 3. The van der Waals surface area contributed by atoms with Gasteiger partial charge in [-0.2, -0.15) is 0 Å². The first-order valence-electron chi connectivity index (χ1n) is 23.4. The van der Waals surface area contributed by atoms with Gasteiger partial charge in [-0.05, 0) is 151 Å². The highest BCUT2D eigenvalue weighted by atomic mass is 28.4. The largest absolute Gasteiger partial charge is 0.407 e. The molecule has 5 fully saturated rings. The summed E-state index contributed by atoms with van der Waals surface area (Å²) in [5, 5.41) is 0.0597. The van der Waals surface area contributed by atoms with Gasteiger partial charge in [0.25, 0.3) is 0 Å². The van der Waals surface area contributed by atoms with Crippen LogP contribution in [0, 0.1) is 56.7 Å². The molecule has 3 nitrogen and oxygen atoms in total. The molecule has 0 aliphatic heterocycles. The van der Waals surface area contributed by atoms with Crippen LogP contribution in [0.3, 0.4) is 0 Å². The van der Waals surface area contributed by atoms with Crippen molar-refractivity contribution in [3.05, 3.63) is 120 Å². The maximum absolute atomic E-state index is 14.5. The molecule has 0 unspecified atom stereocenters. The van der Waals surface area contributed by atoms with Crippen LogP contribution in [0.2, 0.25) is 18.1 Å². The van der Waals surface area contributed by atoms with Crippen LogP contribution in [0.5, 0.6) is 0 Å². The molecular formula is C55H76O3Si. The van der Waals surface area contributed by atoms with Gasteiger partial charge in [0.15, 0.2) is 14.1 Å². The van der Waals surface area contributed by atoms with Crippen LogP contribution < -0.4 is 0 Å². The predicted octanol–water partition coefficient (Wildman–Crippen LogP) is 14.2. The van der Waals surface area contributed by atoms with Gasteiger partial charge in [0.05, 0.1) is 6.61 Å². The molecule has 0 saturated heterocycles. The maximum Gasteiger partial charge on any atom is 0.193 e. The number of rotatable bonds is 9. The third-order valence-electron chi connectivity index (χ3n) is 19.3. The van der Waals surface area contributed by atoms with Crippen LogP contribution >= 0.6 is 0 Å². The van der Waals surface area contributed by atoms with Crippen molar-refractivity contribution in [3.8, 4) is 0 Å². The second kappa shape index (κ2) is 14.7. The molecule has 0 N–H and O–H groups in total. The summed E-state index contributed by atoms with van der Waals surface area (Å²) in [5.41, 5.74) is 4.28. The maximum atomic E-state index is 14.5. The molecule has 0 spiro atoms. The number of carbonyl (C=O) groups is 1. The molecule has 5 aliphatic carbocycles. The van der Waals surface area contributed by atoms with Crippen molar-refractivity contribution in [3.63, 3.8) is 0 Å². The lowest BCUT2D eigenvalue weighted by Crippen LogP contribution is -2.68. The van der Waals surface area contributed by atoms with Gasteiger partial charge in [-0.3, -0.25) is 4.79 Å². The van der Waals surface area contributed by atoms with E-state index in [1.807, 2.05) is 0 Å². The minimum Gasteiger partial charge on any atom is -0.407 e. The van der Waals surface area contributed by atoms with Gasteiger partial charge in [-0.1, -0.05) is 159 Å². The average molecular weight is 813 g/mol. The van der Waals surface area contributed by atoms with Crippen LogP contribution in [0.15, 0.2) is 103 Å². The minimum absolute atomic E-state index is 0.0488. The molecule has 0 aromatic heterocycles. The highest BCUT2D eigenvalue weighted by Gasteiger charge is 2.72. The molecule has 0 amide bonds. The van der Waals surface area contributed by atoms with Crippen LogP contribution in [0.25, 0.3) is 0 Å². The number of ketones is 1. The zero-order chi connectivity index (χ0) is 42.4. The second-order valence-electron chi connectivity index (χ2n) is 23.3. The van der Waals surface area contributed by atoms with Gasteiger partial charge >= 0.3 is 0 Å². The topological polar surface area (TPSA) is 35.5 Å². The van der Waals surface area contributed by atoms with E-state index in [1.54, 1.807) is 0 Å². The number of allylic oxidation sites excluding steroid dienone is 1. The lowest BCUT2D eigenvalue weighted by atomic mass is 9.32. The molecule has 4 heteroatoms. The summed E-state index contributed by atoms with van der Waals surface area (Å²) in [6.07, 6.45) is 10.2. The van der Waals surface area contributed by atoms with Crippen molar-refractivity contribution < 1.29 is 14.0 Å². The lowest BCUT2D eigenvalue weighted by Gasteiger charge is -2.73. The fourth-order valence-corrected chi connectivity index (χ4v) is 16.4. The number of Topliss-reactive ketones (excluding diaryl/α,β-unsaturated/α-hetero) is 1. The first-order chi connectivity index (χ1) is 27.7. The fourth-order valence-electron chi connectivity index (χ4n) is 15.1. The Morgan fingerprint density at radius 3 is 1.76 bits per heavy atom. The van der Waals surface area contributed by atoms with E-state index in [2.05, 4.69) is 166 Å². The van der Waals surface area contributed by atoms with Crippen molar-refractivity contribution in [1.82, 2.24) is 0 Å². The van der Waals surface area contributed by atoms with Crippen molar-refractivity contribution in [1.29, 1.82) is 0 Å². The smallest absolute Gasteiger partial charge is 0.193 e. The molecule has 318 valence electrons. The molecular weight excluding hydrogens is 737 g/mol. The Bertz CT molecular complexity index is 1920. The summed E-state index contributed by atoms with van der Waals surface area (Å²) >= 11 is 0. The molecule has 5 saturated carbocycles. The Hall–Kier alpha value is -2.79. The first-order valence-corrected chi connectivity index (χ1v) is 26.3. The first kappa shape index (κ1) is 42.9. The summed E-state index contributed by atoms with van der Waals surface area (Å²) in [5.74, 6) is 2.94. The molecule has 8 rings (SSSR count). The highest BCUT2D eigenvalue weighted by Crippen LogP contribution is 2.77. The molecule has 5 aliphatic rings. The fraction of sp³-hybridized carbons (Fsp3) is 0.618. The van der Waals surface area contributed by atoms with Gasteiger partial charge in [0.2, 0.25) is 0 Å². The number of hydrogen-bond acceptors (Lipinski definition) is 3. The predicted molar refractivity (Wildman–Crippen MR) is 247 cm³/mol. The lowest BCUT2D eigenvalue weighted by molar-refractivity contribution is -0.244. The normalized spacial score (nSPS) is 36.8. The Balaban J connectivity index is 1.17. The second-order valence-corrected chi connectivity index (χ2v) is 28.0. The van der Waals surface area contributed by atoms with Gasteiger partial charge in [0.1, 0.15) is 11.7 Å². The van der Waals surface area contributed by atoms with Crippen molar-refractivity contribution >= 4 is 14.1 Å². The number of carbonyl (C=O) groups excluding carboxylic acids is 1. The van der Waals surface area contributed by atoms with E-state index >= 15 is 0 Å². The molecule has 10 atom stereocenters. The molecule has 0 radical (unpaired) electrons. The number of hydrogen-bond donors (Lipinski definition) is 0. The van der Waals surface area contributed by atoms with Crippen LogP contribution in [0.1, 0.15) is 137 Å². The third kappa shape index (κ3) is 6.41. The Morgan fingerprint density at radius 2 is 1.25 bits per heavy atom. The Morgan fingerprint density at radius 1 is 0.712 bits per heavy atom. The summed E-state index contributed by atoms with van der Waals surface area (Å²) in [6.45, 7) is 32.0. The molecule has 59 heavy (non-hydrogen) atoms. The monoisotopic (exact) mass is 813 g/mol. The molecule has 0 bridgehead atoms. The minimum atomic E-state index is -2.16. The molecule has 3 aromatic carbocycles. The van der Waals surface area contributed by atoms with E-state index in [4.69, 9.17) is 15.7 Å². The zero-order valence-electron chi connectivity index (χ0n) is 38.6. The standard InChI is InChI=1S/C55H76O3Si/c1-38(2)42-30-33-54(37-57-55(39-22-16-13-17-23-39,40-24-18-14-19-25-40)41-26-20-15-21-27-41)35-34-52(9)43(47(42)54)28-29-46-51(8)36-44(58-59(11,12)49(3,4)5)48(56)50(6,7)45(51)31-32-53(46,52)10/h13-27,42-47H,1,28-37H2,2-12H3/t42-,43+,44+,45-,46+,47+,51-,52+,53+,54+/m0/s1. The zero-order valence-corrected chi connectivity index (χ0v) is 39.6. The summed E-state index contributed by atoms with van der Waals surface area (Å²) in [4.78, 5) is 14.5. The summed E-state index contributed by atoms with van der Waals surface area (Å²) < 4.78 is 15.0. The van der Waals surface area contributed by atoms with Gasteiger partial charge in [0, 0.05) is 5.41 Å². The third-order valence-corrected chi connectivity index (χ3v) is 23.8. The van der Waals surface area contributed by atoms with E-state index in [0.29, 0.717) is 35.4 Å². The molecule has 0 heterocycles. The van der Waals surface area contributed by atoms with Gasteiger partial charge in [-0.25, -0.2) is 0 Å². The van der Waals surface area contributed by atoms with Crippen molar-refractivity contribution in [2.45, 2.75) is 150 Å². The van der Waals surface area contributed by atoms with Crippen molar-refractivity contribution in [2.24, 2.45) is 56.7 Å². The number of ether oxygens (including phenoxy) is 1. The highest BCUT2D eigenvalue weighted by molar-refractivity contribution is 6.74. The average Bonchev–Trinajstić information content (AvgIpc) is 3.58. The van der Waals surface area contributed by atoms with Crippen LogP contribution in [-0.2, 0) is 19.6 Å². The van der Waals surface area contributed by atoms with Crippen molar-refractivity contribution in [2.75, 3.05) is 6.61 Å². The van der Waals surface area contributed by atoms with Gasteiger partial charge < -0.3 is 9.16 Å². The van der Waals surface area contributed by atoms with E-state index in [1.165, 1.54) is 67.2 Å². The van der Waals surface area contributed by atoms with E-state index in [-0.39, 0.29) is 32.8 Å². The van der Waals surface area contributed by atoms with Crippen LogP contribution in [-0.4, -0.2) is 26.8 Å².